The van der Waals surface area contributed by atoms with Crippen LogP contribution in [0.5, 0.6) is 5.75 Å². The van der Waals surface area contributed by atoms with Crippen molar-refractivity contribution in [3.8, 4) is 5.75 Å². The summed E-state index contributed by atoms with van der Waals surface area (Å²) in [5.41, 5.74) is 0.777. The second-order valence-electron chi connectivity index (χ2n) is 6.50. The zero-order valence-electron chi connectivity index (χ0n) is 15.8. The first-order valence-electron chi connectivity index (χ1n) is 8.84. The summed E-state index contributed by atoms with van der Waals surface area (Å²) >= 11 is 17.9. The summed E-state index contributed by atoms with van der Waals surface area (Å²) in [6.45, 7) is -0.428. The number of carbonyl (C=O) groups is 3. The lowest BCUT2D eigenvalue weighted by atomic mass is 10.1. The Morgan fingerprint density at radius 2 is 1.83 bits per heavy atom. The van der Waals surface area contributed by atoms with Crippen molar-refractivity contribution in [1.82, 2.24) is 0 Å². The SMILES string of the molecule is COc1ccc(Cl)cc1N1C[C@@H](C(=O)OCC(=O)Nc2cc(Cl)ccc2Cl)CC1=O. The van der Waals surface area contributed by atoms with Gasteiger partial charge in [-0.2, -0.15) is 0 Å². The van der Waals surface area contributed by atoms with E-state index in [-0.39, 0.29) is 18.9 Å². The molecule has 1 heterocycles. The maximum Gasteiger partial charge on any atom is 0.311 e. The fourth-order valence-electron chi connectivity index (χ4n) is 3.01. The quantitative estimate of drug-likeness (QED) is 0.639. The fourth-order valence-corrected chi connectivity index (χ4v) is 3.51. The van der Waals surface area contributed by atoms with Crippen LogP contribution in [0.1, 0.15) is 6.42 Å². The Hall–Kier alpha value is -2.48. The van der Waals surface area contributed by atoms with Crippen molar-refractivity contribution >= 4 is 64.0 Å². The van der Waals surface area contributed by atoms with Gasteiger partial charge in [-0.3, -0.25) is 14.4 Å². The highest BCUT2D eigenvalue weighted by Gasteiger charge is 2.37. The summed E-state index contributed by atoms with van der Waals surface area (Å²) < 4.78 is 10.3. The number of hydrogen-bond acceptors (Lipinski definition) is 5. The average Bonchev–Trinajstić information content (AvgIpc) is 3.10. The smallest absolute Gasteiger partial charge is 0.311 e. The highest BCUT2D eigenvalue weighted by atomic mass is 35.5. The van der Waals surface area contributed by atoms with Gasteiger partial charge in [0.2, 0.25) is 5.91 Å². The first kappa shape index (κ1) is 22.2. The van der Waals surface area contributed by atoms with Gasteiger partial charge >= 0.3 is 5.97 Å². The summed E-state index contributed by atoms with van der Waals surface area (Å²) in [4.78, 5) is 38.3. The van der Waals surface area contributed by atoms with Crippen LogP contribution in [0.2, 0.25) is 15.1 Å². The molecule has 1 atom stereocenters. The summed E-state index contributed by atoms with van der Waals surface area (Å²) in [6.07, 6.45) is -0.0454. The van der Waals surface area contributed by atoms with Crippen LogP contribution in [0.4, 0.5) is 11.4 Å². The van der Waals surface area contributed by atoms with E-state index in [0.717, 1.165) is 0 Å². The van der Waals surface area contributed by atoms with E-state index in [2.05, 4.69) is 5.32 Å². The van der Waals surface area contributed by atoms with Gasteiger partial charge in [0, 0.05) is 23.0 Å². The van der Waals surface area contributed by atoms with Crippen molar-refractivity contribution in [2.75, 3.05) is 30.5 Å². The lowest BCUT2D eigenvalue weighted by Gasteiger charge is -2.19. The van der Waals surface area contributed by atoms with Crippen LogP contribution in [0.15, 0.2) is 36.4 Å². The Kier molecular flexibility index (Phi) is 7.07. The van der Waals surface area contributed by atoms with E-state index < -0.39 is 24.4 Å². The Bertz CT molecular complexity index is 998. The van der Waals surface area contributed by atoms with Crippen LogP contribution >= 0.6 is 34.8 Å². The fraction of sp³-hybridized carbons (Fsp3) is 0.250. The van der Waals surface area contributed by atoms with Crippen molar-refractivity contribution in [2.24, 2.45) is 5.92 Å². The highest BCUT2D eigenvalue weighted by molar-refractivity contribution is 6.35. The summed E-state index contributed by atoms with van der Waals surface area (Å²) in [5.74, 6) is -1.76. The van der Waals surface area contributed by atoms with Crippen LogP contribution in [0, 0.1) is 5.92 Å². The first-order valence-corrected chi connectivity index (χ1v) is 9.97. The lowest BCUT2D eigenvalue weighted by molar-refractivity contribution is -0.151. The molecule has 2 aromatic rings. The summed E-state index contributed by atoms with van der Waals surface area (Å²) in [5, 5.41) is 3.65. The molecule has 1 fully saturated rings. The van der Waals surface area contributed by atoms with Gasteiger partial charge < -0.3 is 19.7 Å². The van der Waals surface area contributed by atoms with Gasteiger partial charge in [-0.1, -0.05) is 34.8 Å². The van der Waals surface area contributed by atoms with E-state index in [0.29, 0.717) is 32.2 Å². The predicted molar refractivity (Wildman–Crippen MR) is 115 cm³/mol. The normalized spacial score (nSPS) is 15.8. The number of ether oxygens (including phenoxy) is 2. The molecule has 1 saturated heterocycles. The Labute approximate surface area is 187 Å². The molecule has 0 saturated carbocycles. The minimum absolute atomic E-state index is 0.0454. The molecule has 10 heteroatoms. The van der Waals surface area contributed by atoms with Crippen LogP contribution in [-0.2, 0) is 19.1 Å². The maximum atomic E-state index is 12.4. The average molecular weight is 472 g/mol. The van der Waals surface area contributed by atoms with Crippen LogP contribution < -0.4 is 15.0 Å². The van der Waals surface area contributed by atoms with E-state index in [4.69, 9.17) is 44.3 Å². The van der Waals surface area contributed by atoms with Crippen molar-refractivity contribution in [3.63, 3.8) is 0 Å². The molecule has 0 bridgehead atoms. The number of carbonyl (C=O) groups excluding carboxylic acids is 3. The first-order chi connectivity index (χ1) is 14.3. The van der Waals surface area contributed by atoms with E-state index in [1.807, 2.05) is 0 Å². The molecule has 7 nitrogen and oxygen atoms in total. The molecule has 2 aromatic carbocycles. The van der Waals surface area contributed by atoms with Crippen molar-refractivity contribution in [2.45, 2.75) is 6.42 Å². The predicted octanol–water partition coefficient (Wildman–Crippen LogP) is 4.19. The minimum Gasteiger partial charge on any atom is -0.495 e. The van der Waals surface area contributed by atoms with E-state index >= 15 is 0 Å². The molecule has 0 spiro atoms. The number of amides is 2. The van der Waals surface area contributed by atoms with Gasteiger partial charge in [0.1, 0.15) is 5.75 Å². The minimum atomic E-state index is -0.719. The van der Waals surface area contributed by atoms with Crippen LogP contribution in [0.25, 0.3) is 0 Å². The van der Waals surface area contributed by atoms with E-state index in [1.54, 1.807) is 24.3 Å². The van der Waals surface area contributed by atoms with Crippen molar-refractivity contribution < 1.29 is 23.9 Å². The number of hydrogen-bond donors (Lipinski definition) is 1. The topological polar surface area (TPSA) is 84.9 Å². The zero-order chi connectivity index (χ0) is 21.8. The van der Waals surface area contributed by atoms with Crippen molar-refractivity contribution in [1.29, 1.82) is 0 Å². The van der Waals surface area contributed by atoms with E-state index in [9.17, 15) is 14.4 Å². The molecule has 0 unspecified atom stereocenters. The standard InChI is InChI=1S/C20H17Cl3N2O5/c1-29-17-5-3-13(22)8-16(17)25-9-11(6-19(25)27)20(28)30-10-18(26)24-15-7-12(21)2-4-14(15)23/h2-5,7-8,11H,6,9-10H2,1H3,(H,24,26)/t11-/m0/s1. The number of methoxy groups -OCH3 is 1. The van der Waals surface area contributed by atoms with Gasteiger partial charge in [-0.05, 0) is 36.4 Å². The van der Waals surface area contributed by atoms with Gasteiger partial charge in [-0.25, -0.2) is 0 Å². The third-order valence-corrected chi connectivity index (χ3v) is 5.24. The molecular formula is C20H17Cl3N2O5. The number of halogens is 3. The second kappa shape index (κ2) is 9.55. The number of anilines is 2. The highest BCUT2D eigenvalue weighted by Crippen LogP contribution is 2.35. The number of benzene rings is 2. The number of nitrogens with zero attached hydrogens (tertiary/aromatic N) is 1. The van der Waals surface area contributed by atoms with Crippen LogP contribution in [-0.4, -0.2) is 38.0 Å². The lowest BCUT2D eigenvalue weighted by Crippen LogP contribution is -2.28. The molecule has 2 amide bonds. The third-order valence-electron chi connectivity index (χ3n) is 4.44. The van der Waals surface area contributed by atoms with Gasteiger partial charge in [0.15, 0.2) is 6.61 Å². The zero-order valence-corrected chi connectivity index (χ0v) is 18.1. The van der Waals surface area contributed by atoms with E-state index in [1.165, 1.54) is 24.1 Å². The molecule has 0 aromatic heterocycles. The molecule has 1 N–H and O–H groups in total. The monoisotopic (exact) mass is 470 g/mol. The molecule has 0 aliphatic carbocycles. The van der Waals surface area contributed by atoms with Crippen molar-refractivity contribution in [3.05, 3.63) is 51.5 Å². The number of esters is 1. The maximum absolute atomic E-state index is 12.4. The Morgan fingerprint density at radius 3 is 2.57 bits per heavy atom. The summed E-state index contributed by atoms with van der Waals surface area (Å²) in [7, 11) is 1.48. The molecule has 0 radical (unpaired) electrons. The molecule has 30 heavy (non-hydrogen) atoms. The molecule has 1 aliphatic rings. The molecule has 3 rings (SSSR count). The molecule has 1 aliphatic heterocycles. The van der Waals surface area contributed by atoms with Gasteiger partial charge in [-0.15, -0.1) is 0 Å². The summed E-state index contributed by atoms with van der Waals surface area (Å²) in [6, 6.07) is 9.47. The largest absolute Gasteiger partial charge is 0.495 e. The van der Waals surface area contributed by atoms with Gasteiger partial charge in [0.05, 0.1) is 29.4 Å². The number of rotatable bonds is 6. The van der Waals surface area contributed by atoms with Crippen LogP contribution in [0.3, 0.4) is 0 Å². The molecule has 158 valence electrons. The Balaban J connectivity index is 1.59. The molecular weight excluding hydrogens is 455 g/mol. The number of nitrogens with one attached hydrogen (secondary N) is 1. The third kappa shape index (κ3) is 5.16. The Morgan fingerprint density at radius 1 is 1.13 bits per heavy atom. The second-order valence-corrected chi connectivity index (χ2v) is 7.78. The van der Waals surface area contributed by atoms with Gasteiger partial charge in [0.25, 0.3) is 5.91 Å².